The van der Waals surface area contributed by atoms with Gasteiger partial charge in [-0.05, 0) is 35.6 Å². The number of quaternary nitrogens is 1. The molecule has 1 unspecified atom stereocenters. The van der Waals surface area contributed by atoms with Gasteiger partial charge in [0.15, 0.2) is 6.04 Å². The molecular formula is C25H27N2+. The van der Waals surface area contributed by atoms with Crippen molar-refractivity contribution in [2.75, 3.05) is 13.1 Å². The normalized spacial score (nSPS) is 17.3. The SMILES string of the molecule is N#CC(Cc1ccccc1)[N+]1(Cc2cccc3ccccc23)CCCCC1. The van der Waals surface area contributed by atoms with E-state index < -0.39 is 0 Å². The Bertz CT molecular complexity index is 928. The lowest BCUT2D eigenvalue weighted by Gasteiger charge is -2.45. The molecule has 0 saturated carbocycles. The largest absolute Gasteiger partial charge is 0.305 e. The lowest BCUT2D eigenvalue weighted by atomic mass is 9.95. The van der Waals surface area contributed by atoms with Crippen LogP contribution in [0.3, 0.4) is 0 Å². The average molecular weight is 356 g/mol. The Labute approximate surface area is 162 Å². The molecule has 1 fully saturated rings. The second-order valence-corrected chi connectivity index (χ2v) is 7.86. The van der Waals surface area contributed by atoms with E-state index in [2.05, 4.69) is 72.8 Å². The molecule has 0 N–H and O–H groups in total. The zero-order chi connectivity index (χ0) is 18.5. The van der Waals surface area contributed by atoms with E-state index >= 15 is 0 Å². The van der Waals surface area contributed by atoms with E-state index in [0.29, 0.717) is 0 Å². The van der Waals surface area contributed by atoms with E-state index in [9.17, 15) is 5.26 Å². The predicted octanol–water partition coefficient (Wildman–Crippen LogP) is 5.48. The smallest absolute Gasteiger partial charge is 0.180 e. The molecule has 3 aromatic carbocycles. The summed E-state index contributed by atoms with van der Waals surface area (Å²) in [5.74, 6) is 0. The van der Waals surface area contributed by atoms with E-state index in [4.69, 9.17) is 0 Å². The molecule has 1 atom stereocenters. The minimum absolute atomic E-state index is 0.00617. The fraction of sp³-hybridized carbons (Fsp3) is 0.320. The van der Waals surface area contributed by atoms with Crippen LogP contribution in [0.2, 0.25) is 0 Å². The lowest BCUT2D eigenvalue weighted by molar-refractivity contribution is -0.960. The molecule has 3 aromatic rings. The first-order valence-corrected chi connectivity index (χ1v) is 10.1. The van der Waals surface area contributed by atoms with Crippen molar-refractivity contribution < 1.29 is 4.48 Å². The maximum absolute atomic E-state index is 10.1. The molecule has 1 aliphatic heterocycles. The fourth-order valence-corrected chi connectivity index (χ4v) is 4.69. The van der Waals surface area contributed by atoms with Crippen LogP contribution >= 0.6 is 0 Å². The van der Waals surface area contributed by atoms with Gasteiger partial charge in [0.05, 0.1) is 13.1 Å². The van der Waals surface area contributed by atoms with Crippen molar-refractivity contribution in [1.29, 1.82) is 5.26 Å². The molecule has 27 heavy (non-hydrogen) atoms. The van der Waals surface area contributed by atoms with Gasteiger partial charge in [-0.15, -0.1) is 0 Å². The highest BCUT2D eigenvalue weighted by atomic mass is 15.4. The molecule has 136 valence electrons. The van der Waals surface area contributed by atoms with Crippen LogP contribution in [0.1, 0.15) is 30.4 Å². The van der Waals surface area contributed by atoms with Crippen molar-refractivity contribution >= 4 is 10.8 Å². The van der Waals surface area contributed by atoms with E-state index in [-0.39, 0.29) is 6.04 Å². The van der Waals surface area contributed by atoms with Crippen molar-refractivity contribution in [3.8, 4) is 6.07 Å². The van der Waals surface area contributed by atoms with Crippen molar-refractivity contribution in [3.05, 3.63) is 83.9 Å². The van der Waals surface area contributed by atoms with Gasteiger partial charge in [0.1, 0.15) is 12.6 Å². The summed E-state index contributed by atoms with van der Waals surface area (Å²) in [5.41, 5.74) is 2.65. The van der Waals surface area contributed by atoms with Gasteiger partial charge in [-0.2, -0.15) is 5.26 Å². The van der Waals surface area contributed by atoms with Crippen molar-refractivity contribution in [3.63, 3.8) is 0 Å². The number of rotatable bonds is 5. The van der Waals surface area contributed by atoms with Crippen molar-refractivity contribution in [1.82, 2.24) is 0 Å². The Kier molecular flexibility index (Phi) is 5.23. The highest BCUT2D eigenvalue weighted by Crippen LogP contribution is 2.31. The molecular weight excluding hydrogens is 328 g/mol. The van der Waals surface area contributed by atoms with Gasteiger partial charge in [-0.1, -0.05) is 72.8 Å². The molecule has 0 aliphatic carbocycles. The van der Waals surface area contributed by atoms with E-state index in [1.807, 2.05) is 6.07 Å². The quantitative estimate of drug-likeness (QED) is 0.556. The molecule has 0 spiro atoms. The third-order valence-electron chi connectivity index (χ3n) is 6.15. The number of fused-ring (bicyclic) bond motifs is 1. The van der Waals surface area contributed by atoms with Gasteiger partial charge in [-0.3, -0.25) is 0 Å². The number of nitriles is 1. The third kappa shape index (κ3) is 3.75. The Morgan fingerprint density at radius 3 is 2.30 bits per heavy atom. The van der Waals surface area contributed by atoms with Crippen LogP contribution in [0.25, 0.3) is 10.8 Å². The van der Waals surface area contributed by atoms with Gasteiger partial charge in [-0.25, -0.2) is 0 Å². The molecule has 0 bridgehead atoms. The van der Waals surface area contributed by atoms with Crippen LogP contribution in [0, 0.1) is 11.3 Å². The van der Waals surface area contributed by atoms with Crippen LogP contribution in [0.15, 0.2) is 72.8 Å². The summed E-state index contributed by atoms with van der Waals surface area (Å²) in [6, 6.07) is 28.5. The number of hydrogen-bond acceptors (Lipinski definition) is 1. The summed E-state index contributed by atoms with van der Waals surface area (Å²) in [6.45, 7) is 3.16. The molecule has 2 nitrogen and oxygen atoms in total. The highest BCUT2D eigenvalue weighted by Gasteiger charge is 2.39. The maximum atomic E-state index is 10.1. The van der Waals surface area contributed by atoms with E-state index in [0.717, 1.165) is 30.5 Å². The minimum atomic E-state index is 0.00617. The molecule has 1 aliphatic rings. The second-order valence-electron chi connectivity index (χ2n) is 7.86. The summed E-state index contributed by atoms with van der Waals surface area (Å²) in [6.07, 6.45) is 4.57. The first-order chi connectivity index (χ1) is 13.3. The van der Waals surface area contributed by atoms with Gasteiger partial charge in [0.25, 0.3) is 0 Å². The minimum Gasteiger partial charge on any atom is -0.305 e. The molecule has 0 aromatic heterocycles. The lowest BCUT2D eigenvalue weighted by Crippen LogP contribution is -2.57. The second kappa shape index (κ2) is 7.94. The monoisotopic (exact) mass is 355 g/mol. The van der Waals surface area contributed by atoms with Gasteiger partial charge in [0.2, 0.25) is 0 Å². The first-order valence-electron chi connectivity index (χ1n) is 10.1. The van der Waals surface area contributed by atoms with Crippen molar-refractivity contribution in [2.24, 2.45) is 0 Å². The number of likely N-dealkylation sites (tertiary alicyclic amines) is 1. The zero-order valence-electron chi connectivity index (χ0n) is 15.8. The number of nitrogens with zero attached hydrogens (tertiary/aromatic N) is 2. The Morgan fingerprint density at radius 1 is 0.815 bits per heavy atom. The van der Waals surface area contributed by atoms with Crippen LogP contribution in [-0.4, -0.2) is 23.6 Å². The Hall–Kier alpha value is -2.63. The zero-order valence-corrected chi connectivity index (χ0v) is 15.8. The summed E-state index contributed by atoms with van der Waals surface area (Å²) < 4.78 is 0.902. The summed E-state index contributed by atoms with van der Waals surface area (Å²) in [4.78, 5) is 0. The number of piperidine rings is 1. The summed E-state index contributed by atoms with van der Waals surface area (Å²) in [5, 5.41) is 12.8. The summed E-state index contributed by atoms with van der Waals surface area (Å²) in [7, 11) is 0. The molecule has 0 amide bonds. The Balaban J connectivity index is 1.70. The third-order valence-corrected chi connectivity index (χ3v) is 6.15. The van der Waals surface area contributed by atoms with Crippen molar-refractivity contribution in [2.45, 2.75) is 38.3 Å². The van der Waals surface area contributed by atoms with Crippen LogP contribution in [0.5, 0.6) is 0 Å². The average Bonchev–Trinajstić information content (AvgIpc) is 2.74. The predicted molar refractivity (Wildman–Crippen MR) is 111 cm³/mol. The topological polar surface area (TPSA) is 23.8 Å². The van der Waals surface area contributed by atoms with Gasteiger partial charge < -0.3 is 4.48 Å². The van der Waals surface area contributed by atoms with Gasteiger partial charge in [0, 0.05) is 12.0 Å². The van der Waals surface area contributed by atoms with E-state index in [1.54, 1.807) is 0 Å². The highest BCUT2D eigenvalue weighted by molar-refractivity contribution is 5.85. The van der Waals surface area contributed by atoms with Gasteiger partial charge >= 0.3 is 0 Å². The number of benzene rings is 3. The summed E-state index contributed by atoms with van der Waals surface area (Å²) >= 11 is 0. The fourth-order valence-electron chi connectivity index (χ4n) is 4.69. The van der Waals surface area contributed by atoms with E-state index in [1.165, 1.54) is 41.2 Å². The number of hydrogen-bond donors (Lipinski definition) is 0. The van der Waals surface area contributed by atoms with Crippen LogP contribution in [-0.2, 0) is 13.0 Å². The Morgan fingerprint density at radius 2 is 1.52 bits per heavy atom. The molecule has 0 radical (unpaired) electrons. The molecule has 1 heterocycles. The molecule has 2 heteroatoms. The molecule has 4 rings (SSSR count). The standard InChI is InChI=1S/C25H27N2/c26-19-24(18-21-10-3-1-4-11-21)27(16-7-2-8-17-27)20-23-14-9-13-22-12-5-6-15-25(22)23/h1,3-6,9-15,24H,2,7-8,16-18,20H2/q+1. The maximum Gasteiger partial charge on any atom is 0.180 e. The molecule has 1 saturated heterocycles. The first kappa shape index (κ1) is 17.8. The van der Waals surface area contributed by atoms with Crippen LogP contribution in [0.4, 0.5) is 0 Å². The van der Waals surface area contributed by atoms with Crippen LogP contribution < -0.4 is 0 Å².